The third kappa shape index (κ3) is 4.13. The fraction of sp³-hybridized carbons (Fsp3) is 0.647. The zero-order chi connectivity index (χ0) is 14.4. The second kappa shape index (κ2) is 7.90. The summed E-state index contributed by atoms with van der Waals surface area (Å²) in [5.41, 5.74) is 2.59. The SMILES string of the molecule is CCCNCc1cccc(Cl)c1N1CCCC(C)CC1. The van der Waals surface area contributed by atoms with E-state index in [0.29, 0.717) is 0 Å². The molecule has 1 fully saturated rings. The van der Waals surface area contributed by atoms with Gasteiger partial charge in [-0.2, -0.15) is 0 Å². The Bertz CT molecular complexity index is 419. The molecule has 1 aliphatic rings. The second-order valence-corrected chi connectivity index (χ2v) is 6.35. The molecule has 2 rings (SSSR count). The van der Waals surface area contributed by atoms with E-state index in [1.54, 1.807) is 0 Å². The van der Waals surface area contributed by atoms with Crippen LogP contribution in [0.2, 0.25) is 5.02 Å². The lowest BCUT2D eigenvalue weighted by Gasteiger charge is -2.27. The lowest BCUT2D eigenvalue weighted by molar-refractivity contribution is 0.521. The molecule has 1 heterocycles. The lowest BCUT2D eigenvalue weighted by atomic mass is 10.0. The Morgan fingerprint density at radius 2 is 2.15 bits per heavy atom. The number of hydrogen-bond donors (Lipinski definition) is 1. The van der Waals surface area contributed by atoms with Crippen molar-refractivity contribution in [2.75, 3.05) is 24.5 Å². The van der Waals surface area contributed by atoms with Crippen LogP contribution in [0.25, 0.3) is 0 Å². The number of hydrogen-bond acceptors (Lipinski definition) is 2. The van der Waals surface area contributed by atoms with E-state index in [1.165, 1.54) is 30.5 Å². The zero-order valence-electron chi connectivity index (χ0n) is 12.8. The Hall–Kier alpha value is -0.730. The van der Waals surface area contributed by atoms with Crippen molar-refractivity contribution in [3.63, 3.8) is 0 Å². The summed E-state index contributed by atoms with van der Waals surface area (Å²) in [7, 11) is 0. The van der Waals surface area contributed by atoms with Crippen molar-refractivity contribution < 1.29 is 0 Å². The molecule has 0 bridgehead atoms. The van der Waals surface area contributed by atoms with Crippen molar-refractivity contribution in [3.8, 4) is 0 Å². The van der Waals surface area contributed by atoms with E-state index >= 15 is 0 Å². The molecule has 1 aromatic carbocycles. The van der Waals surface area contributed by atoms with Gasteiger partial charge in [0.1, 0.15) is 0 Å². The molecule has 0 radical (unpaired) electrons. The molecule has 0 amide bonds. The summed E-state index contributed by atoms with van der Waals surface area (Å²) in [6, 6.07) is 6.29. The highest BCUT2D eigenvalue weighted by Gasteiger charge is 2.18. The topological polar surface area (TPSA) is 15.3 Å². The molecule has 3 heteroatoms. The highest BCUT2D eigenvalue weighted by Crippen LogP contribution is 2.32. The Kier molecular flexibility index (Phi) is 6.18. The number of anilines is 1. The standard InChI is InChI=1S/C17H27ClN2/c1-3-10-19-13-15-7-4-8-16(18)17(15)20-11-5-6-14(2)9-12-20/h4,7-8,14,19H,3,5-6,9-13H2,1-2H3. The van der Waals surface area contributed by atoms with Crippen LogP contribution in [0.5, 0.6) is 0 Å². The van der Waals surface area contributed by atoms with Crippen LogP contribution in [0.15, 0.2) is 18.2 Å². The lowest BCUT2D eigenvalue weighted by Crippen LogP contribution is -2.27. The molecular formula is C17H27ClN2. The van der Waals surface area contributed by atoms with Gasteiger partial charge in [0, 0.05) is 19.6 Å². The van der Waals surface area contributed by atoms with E-state index in [0.717, 1.165) is 43.5 Å². The minimum atomic E-state index is 0.837. The van der Waals surface area contributed by atoms with Crippen LogP contribution >= 0.6 is 11.6 Å². The molecule has 0 aromatic heterocycles. The largest absolute Gasteiger partial charge is 0.370 e. The van der Waals surface area contributed by atoms with Crippen LogP contribution in [-0.2, 0) is 6.54 Å². The van der Waals surface area contributed by atoms with Gasteiger partial charge in [-0.25, -0.2) is 0 Å². The van der Waals surface area contributed by atoms with Crippen LogP contribution in [-0.4, -0.2) is 19.6 Å². The van der Waals surface area contributed by atoms with Crippen LogP contribution in [0, 0.1) is 5.92 Å². The van der Waals surface area contributed by atoms with Crippen LogP contribution in [0.4, 0.5) is 5.69 Å². The van der Waals surface area contributed by atoms with Gasteiger partial charge >= 0.3 is 0 Å². The van der Waals surface area contributed by atoms with Crippen molar-refractivity contribution in [3.05, 3.63) is 28.8 Å². The van der Waals surface area contributed by atoms with Gasteiger partial charge in [0.15, 0.2) is 0 Å². The third-order valence-corrected chi connectivity index (χ3v) is 4.45. The first-order chi connectivity index (χ1) is 9.72. The summed E-state index contributed by atoms with van der Waals surface area (Å²) >= 11 is 6.50. The highest BCUT2D eigenvalue weighted by molar-refractivity contribution is 6.33. The average molecular weight is 295 g/mol. The first-order valence-electron chi connectivity index (χ1n) is 7.95. The molecule has 0 spiro atoms. The average Bonchev–Trinajstić information content (AvgIpc) is 2.64. The predicted molar refractivity (Wildman–Crippen MR) is 88.7 cm³/mol. The maximum absolute atomic E-state index is 6.50. The number of nitrogens with zero attached hydrogens (tertiary/aromatic N) is 1. The Labute approximate surface area is 128 Å². The fourth-order valence-corrected chi connectivity index (χ4v) is 3.26. The van der Waals surface area contributed by atoms with Gasteiger partial charge in [-0.15, -0.1) is 0 Å². The van der Waals surface area contributed by atoms with E-state index in [4.69, 9.17) is 11.6 Å². The molecule has 112 valence electrons. The Morgan fingerprint density at radius 3 is 2.95 bits per heavy atom. The predicted octanol–water partition coefficient (Wildman–Crippen LogP) is 4.47. The van der Waals surface area contributed by atoms with Crippen molar-refractivity contribution in [2.45, 2.75) is 46.1 Å². The fourth-order valence-electron chi connectivity index (χ4n) is 2.94. The first kappa shape index (κ1) is 15.7. The molecule has 2 nitrogen and oxygen atoms in total. The molecule has 1 aliphatic heterocycles. The maximum Gasteiger partial charge on any atom is 0.0642 e. The van der Waals surface area contributed by atoms with Crippen LogP contribution < -0.4 is 10.2 Å². The van der Waals surface area contributed by atoms with Gasteiger partial charge in [-0.1, -0.05) is 37.6 Å². The van der Waals surface area contributed by atoms with Gasteiger partial charge in [0.05, 0.1) is 10.7 Å². The second-order valence-electron chi connectivity index (χ2n) is 5.95. The summed E-state index contributed by atoms with van der Waals surface area (Å²) in [6.45, 7) is 8.79. The summed E-state index contributed by atoms with van der Waals surface area (Å²) in [4.78, 5) is 2.49. The van der Waals surface area contributed by atoms with Crippen molar-refractivity contribution in [1.82, 2.24) is 5.32 Å². The van der Waals surface area contributed by atoms with Crippen LogP contribution in [0.1, 0.15) is 45.1 Å². The van der Waals surface area contributed by atoms with Gasteiger partial charge < -0.3 is 10.2 Å². The van der Waals surface area contributed by atoms with Gasteiger partial charge in [-0.3, -0.25) is 0 Å². The Morgan fingerprint density at radius 1 is 1.30 bits per heavy atom. The zero-order valence-corrected chi connectivity index (χ0v) is 13.5. The smallest absolute Gasteiger partial charge is 0.0642 e. The van der Waals surface area contributed by atoms with E-state index in [9.17, 15) is 0 Å². The summed E-state index contributed by atoms with van der Waals surface area (Å²) < 4.78 is 0. The molecule has 1 saturated heterocycles. The number of nitrogens with one attached hydrogen (secondary N) is 1. The maximum atomic E-state index is 6.50. The van der Waals surface area contributed by atoms with Crippen molar-refractivity contribution >= 4 is 17.3 Å². The monoisotopic (exact) mass is 294 g/mol. The molecule has 0 saturated carbocycles. The number of benzene rings is 1. The van der Waals surface area contributed by atoms with Crippen LogP contribution in [0.3, 0.4) is 0 Å². The normalized spacial score (nSPS) is 19.9. The molecule has 1 N–H and O–H groups in total. The van der Waals surface area contributed by atoms with Gasteiger partial charge in [-0.05, 0) is 49.8 Å². The molecule has 1 aromatic rings. The molecule has 0 aliphatic carbocycles. The summed E-state index contributed by atoms with van der Waals surface area (Å²) in [5, 5.41) is 4.40. The third-order valence-electron chi connectivity index (χ3n) is 4.15. The minimum Gasteiger partial charge on any atom is -0.370 e. The summed E-state index contributed by atoms with van der Waals surface area (Å²) in [5.74, 6) is 0.837. The number of rotatable bonds is 5. The van der Waals surface area contributed by atoms with Crippen molar-refractivity contribution in [2.24, 2.45) is 5.92 Å². The Balaban J connectivity index is 2.15. The van der Waals surface area contributed by atoms with Gasteiger partial charge in [0.2, 0.25) is 0 Å². The summed E-state index contributed by atoms with van der Waals surface area (Å²) in [6.07, 6.45) is 5.04. The van der Waals surface area contributed by atoms with E-state index < -0.39 is 0 Å². The first-order valence-corrected chi connectivity index (χ1v) is 8.33. The number of para-hydroxylation sites is 1. The number of halogens is 1. The van der Waals surface area contributed by atoms with Crippen molar-refractivity contribution in [1.29, 1.82) is 0 Å². The van der Waals surface area contributed by atoms with E-state index in [1.807, 2.05) is 6.07 Å². The minimum absolute atomic E-state index is 0.837. The molecule has 1 unspecified atom stereocenters. The molecule has 20 heavy (non-hydrogen) atoms. The molecule has 1 atom stereocenters. The van der Waals surface area contributed by atoms with Gasteiger partial charge in [0.25, 0.3) is 0 Å². The highest BCUT2D eigenvalue weighted by atomic mass is 35.5. The molecular weight excluding hydrogens is 268 g/mol. The van der Waals surface area contributed by atoms with E-state index in [-0.39, 0.29) is 0 Å². The quantitative estimate of drug-likeness (QED) is 0.806. The van der Waals surface area contributed by atoms with E-state index in [2.05, 4.69) is 36.2 Å².